The summed E-state index contributed by atoms with van der Waals surface area (Å²) < 4.78 is 52.9. The maximum absolute atomic E-state index is 14.1. The Morgan fingerprint density at radius 2 is 1.80 bits per heavy atom. The van der Waals surface area contributed by atoms with Crippen LogP contribution in [-0.2, 0) is 23.8 Å². The largest absolute Gasteiger partial charge is 0.497 e. The number of methoxy groups -OCH3 is 2. The molecule has 1 aliphatic rings. The molecule has 1 aromatic carbocycles. The first-order valence-electron chi connectivity index (χ1n) is 13.0. The van der Waals surface area contributed by atoms with E-state index in [-0.39, 0.29) is 28.0 Å². The van der Waals surface area contributed by atoms with Gasteiger partial charge in [-0.15, -0.1) is 11.3 Å². The molecule has 0 bridgehead atoms. The zero-order valence-corrected chi connectivity index (χ0v) is 24.0. The molecular formula is C29H29F3N4O4S. The maximum Gasteiger partial charge on any atom is 0.433 e. The molecule has 0 aliphatic heterocycles. The van der Waals surface area contributed by atoms with Gasteiger partial charge in [0.15, 0.2) is 17.0 Å². The highest BCUT2D eigenvalue weighted by Crippen LogP contribution is 2.44. The van der Waals surface area contributed by atoms with Gasteiger partial charge < -0.3 is 14.8 Å². The van der Waals surface area contributed by atoms with E-state index in [2.05, 4.69) is 36.2 Å². The number of carbonyl (C=O) groups is 2. The number of aromatic nitrogens is 3. The highest BCUT2D eigenvalue weighted by Gasteiger charge is 2.37. The second-order valence-corrected chi connectivity index (χ2v) is 12.1. The standard InChI is InChI=1S/C29H29F3N4O4S/c1-28(2,3)16-8-11-18-21(12-16)41-26(24(18)27(38)40-5)34-25(37)20-14-23-33-19(15-6-9-17(39-4)10-7-15)13-22(29(30,31)32)36(23)35-20/h6-7,9-10,13-14,16H,8,11-12H2,1-5H3,(H,34,37). The smallest absolute Gasteiger partial charge is 0.433 e. The Morgan fingerprint density at radius 1 is 1.10 bits per heavy atom. The number of nitrogens with zero attached hydrogens (tertiary/aromatic N) is 3. The summed E-state index contributed by atoms with van der Waals surface area (Å²) in [4.78, 5) is 31.4. The SMILES string of the molecule is COC(=O)c1c(NC(=O)c2cc3nc(-c4ccc(OC)cc4)cc(C(F)(F)F)n3n2)sc2c1CCC(C(C)(C)C)C2. The average Bonchev–Trinajstić information content (AvgIpc) is 3.52. The molecular weight excluding hydrogens is 557 g/mol. The van der Waals surface area contributed by atoms with E-state index < -0.39 is 23.7 Å². The third kappa shape index (κ3) is 5.52. The van der Waals surface area contributed by atoms with Crippen LogP contribution in [0.3, 0.4) is 0 Å². The lowest BCUT2D eigenvalue weighted by molar-refractivity contribution is -0.142. The van der Waals surface area contributed by atoms with Crippen molar-refractivity contribution >= 4 is 33.9 Å². The molecule has 1 amide bonds. The molecule has 3 aromatic heterocycles. The van der Waals surface area contributed by atoms with Crippen molar-refractivity contribution in [3.05, 3.63) is 63.8 Å². The van der Waals surface area contributed by atoms with E-state index in [4.69, 9.17) is 9.47 Å². The summed E-state index contributed by atoms with van der Waals surface area (Å²) in [5, 5.41) is 6.95. The first-order valence-corrected chi connectivity index (χ1v) is 13.8. The molecule has 1 N–H and O–H groups in total. The first kappa shape index (κ1) is 28.6. The fourth-order valence-corrected chi connectivity index (χ4v) is 6.41. The van der Waals surface area contributed by atoms with Crippen molar-refractivity contribution in [2.24, 2.45) is 11.3 Å². The van der Waals surface area contributed by atoms with Crippen LogP contribution < -0.4 is 10.1 Å². The summed E-state index contributed by atoms with van der Waals surface area (Å²) in [5.41, 5.74) is 0.194. The Morgan fingerprint density at radius 3 is 2.41 bits per heavy atom. The van der Waals surface area contributed by atoms with Gasteiger partial charge in [-0.3, -0.25) is 4.79 Å². The topological polar surface area (TPSA) is 94.8 Å². The van der Waals surface area contributed by atoms with Crippen LogP contribution >= 0.6 is 11.3 Å². The highest BCUT2D eigenvalue weighted by molar-refractivity contribution is 7.17. The highest BCUT2D eigenvalue weighted by atomic mass is 32.1. The second-order valence-electron chi connectivity index (χ2n) is 11.0. The number of nitrogens with one attached hydrogen (secondary N) is 1. The molecule has 1 unspecified atom stereocenters. The Labute approximate surface area is 238 Å². The van der Waals surface area contributed by atoms with E-state index in [1.54, 1.807) is 24.3 Å². The molecule has 1 aliphatic carbocycles. The van der Waals surface area contributed by atoms with Crippen LogP contribution in [-0.4, -0.2) is 40.7 Å². The van der Waals surface area contributed by atoms with Gasteiger partial charge in [-0.25, -0.2) is 14.3 Å². The molecule has 5 rings (SSSR count). The molecule has 4 aromatic rings. The van der Waals surface area contributed by atoms with Gasteiger partial charge in [-0.2, -0.15) is 18.3 Å². The Kier molecular flexibility index (Phi) is 7.31. The van der Waals surface area contributed by atoms with Gasteiger partial charge >= 0.3 is 12.1 Å². The Balaban J connectivity index is 1.52. The quantitative estimate of drug-likeness (QED) is 0.262. The zero-order chi connectivity index (χ0) is 29.7. The lowest BCUT2D eigenvalue weighted by atomic mass is 9.72. The lowest BCUT2D eigenvalue weighted by Gasteiger charge is -2.33. The molecule has 0 fully saturated rings. The summed E-state index contributed by atoms with van der Waals surface area (Å²) in [7, 11) is 2.76. The van der Waals surface area contributed by atoms with Gasteiger partial charge in [0.1, 0.15) is 10.8 Å². The third-order valence-electron chi connectivity index (χ3n) is 7.44. The van der Waals surface area contributed by atoms with E-state index in [9.17, 15) is 22.8 Å². The maximum atomic E-state index is 14.1. The number of fused-ring (bicyclic) bond motifs is 2. The monoisotopic (exact) mass is 586 g/mol. The normalized spacial score (nSPS) is 15.5. The molecule has 0 radical (unpaired) electrons. The van der Waals surface area contributed by atoms with Gasteiger partial charge in [-0.05, 0) is 66.5 Å². The Bertz CT molecular complexity index is 1630. The summed E-state index contributed by atoms with van der Waals surface area (Å²) >= 11 is 1.29. The number of thiophene rings is 1. The van der Waals surface area contributed by atoms with Gasteiger partial charge in [-0.1, -0.05) is 20.8 Å². The van der Waals surface area contributed by atoms with Crippen molar-refractivity contribution in [1.29, 1.82) is 0 Å². The van der Waals surface area contributed by atoms with Crippen LogP contribution in [0.15, 0.2) is 36.4 Å². The fraction of sp³-hybridized carbons (Fsp3) is 0.379. The van der Waals surface area contributed by atoms with Crippen molar-refractivity contribution in [3.8, 4) is 17.0 Å². The van der Waals surface area contributed by atoms with Crippen LogP contribution in [0.25, 0.3) is 16.9 Å². The van der Waals surface area contributed by atoms with E-state index in [0.717, 1.165) is 29.3 Å². The number of hydrogen-bond donors (Lipinski definition) is 1. The Hall–Kier alpha value is -3.93. The molecule has 41 heavy (non-hydrogen) atoms. The van der Waals surface area contributed by atoms with E-state index >= 15 is 0 Å². The van der Waals surface area contributed by atoms with Crippen LogP contribution in [0.5, 0.6) is 5.75 Å². The van der Waals surface area contributed by atoms with Gasteiger partial charge in [0, 0.05) is 16.5 Å². The molecule has 0 saturated carbocycles. The number of anilines is 1. The van der Waals surface area contributed by atoms with E-state index in [0.29, 0.717) is 33.2 Å². The summed E-state index contributed by atoms with van der Waals surface area (Å²) in [5.74, 6) is -0.393. The number of alkyl halides is 3. The van der Waals surface area contributed by atoms with Crippen LogP contribution in [0, 0.1) is 11.3 Å². The fourth-order valence-electron chi connectivity index (χ4n) is 5.10. The van der Waals surface area contributed by atoms with Gasteiger partial charge in [0.05, 0.1) is 25.5 Å². The number of esters is 1. The van der Waals surface area contributed by atoms with Crippen molar-refractivity contribution in [1.82, 2.24) is 14.6 Å². The number of ether oxygens (including phenoxy) is 2. The molecule has 1 atom stereocenters. The molecule has 0 spiro atoms. The predicted octanol–water partition coefficient (Wildman–Crippen LogP) is 6.68. The van der Waals surface area contributed by atoms with Crippen LogP contribution in [0.4, 0.5) is 18.2 Å². The minimum absolute atomic E-state index is 0.0617. The minimum Gasteiger partial charge on any atom is -0.497 e. The van der Waals surface area contributed by atoms with E-state index in [1.165, 1.54) is 31.6 Å². The van der Waals surface area contributed by atoms with Crippen LogP contribution in [0.1, 0.15) is 64.2 Å². The van der Waals surface area contributed by atoms with Crippen molar-refractivity contribution in [3.63, 3.8) is 0 Å². The summed E-state index contributed by atoms with van der Waals surface area (Å²) in [6, 6.07) is 8.51. The molecule has 216 valence electrons. The number of halogens is 3. The number of rotatable bonds is 5. The van der Waals surface area contributed by atoms with Gasteiger partial charge in [0.25, 0.3) is 5.91 Å². The lowest BCUT2D eigenvalue weighted by Crippen LogP contribution is -2.26. The van der Waals surface area contributed by atoms with Gasteiger partial charge in [0.2, 0.25) is 0 Å². The van der Waals surface area contributed by atoms with E-state index in [1.807, 2.05) is 0 Å². The zero-order valence-electron chi connectivity index (χ0n) is 23.2. The molecule has 8 nitrogen and oxygen atoms in total. The first-order chi connectivity index (χ1) is 19.3. The number of benzene rings is 1. The van der Waals surface area contributed by atoms with Crippen molar-refractivity contribution in [2.45, 2.75) is 46.2 Å². The molecule has 12 heteroatoms. The number of hydrogen-bond acceptors (Lipinski definition) is 7. The average molecular weight is 587 g/mol. The second kappa shape index (κ2) is 10.5. The van der Waals surface area contributed by atoms with Crippen molar-refractivity contribution < 1.29 is 32.2 Å². The minimum atomic E-state index is -4.77. The third-order valence-corrected chi connectivity index (χ3v) is 8.61. The number of amides is 1. The molecule has 0 saturated heterocycles. The predicted molar refractivity (Wildman–Crippen MR) is 149 cm³/mol. The summed E-state index contributed by atoms with van der Waals surface area (Å²) in [6.07, 6.45) is -2.46. The summed E-state index contributed by atoms with van der Waals surface area (Å²) in [6.45, 7) is 6.52. The number of carbonyl (C=O) groups excluding carboxylic acids is 2. The van der Waals surface area contributed by atoms with Crippen molar-refractivity contribution in [2.75, 3.05) is 19.5 Å². The molecule has 3 heterocycles. The van der Waals surface area contributed by atoms with Crippen LogP contribution in [0.2, 0.25) is 0 Å².